The van der Waals surface area contributed by atoms with Gasteiger partial charge in [-0.25, -0.2) is 15.0 Å². The lowest BCUT2D eigenvalue weighted by molar-refractivity contribution is -0.383. The van der Waals surface area contributed by atoms with Crippen LogP contribution in [0.15, 0.2) is 48.8 Å². The molecule has 0 fully saturated rings. The fourth-order valence-corrected chi connectivity index (χ4v) is 3.75. The number of thiazole rings is 1. The molecule has 28 heavy (non-hydrogen) atoms. The van der Waals surface area contributed by atoms with Gasteiger partial charge in [-0.15, -0.1) is 0 Å². The van der Waals surface area contributed by atoms with Crippen LogP contribution in [-0.2, 0) is 0 Å². The van der Waals surface area contributed by atoms with Crippen molar-refractivity contribution in [2.45, 2.75) is 6.92 Å². The average molecular weight is 413 g/mol. The van der Waals surface area contributed by atoms with Gasteiger partial charge in [0.2, 0.25) is 11.6 Å². The fourth-order valence-electron chi connectivity index (χ4n) is 2.66. The van der Waals surface area contributed by atoms with Crippen molar-refractivity contribution in [2.75, 3.05) is 10.6 Å². The quantitative estimate of drug-likeness (QED) is 0.332. The number of hydrogen-bond donors (Lipinski definition) is 2. The second kappa shape index (κ2) is 7.37. The van der Waals surface area contributed by atoms with Crippen LogP contribution in [-0.4, -0.2) is 19.9 Å². The van der Waals surface area contributed by atoms with E-state index in [0.717, 1.165) is 15.8 Å². The first-order valence-electron chi connectivity index (χ1n) is 8.16. The van der Waals surface area contributed by atoms with E-state index in [2.05, 4.69) is 25.6 Å². The molecule has 0 spiro atoms. The lowest BCUT2D eigenvalue weighted by Crippen LogP contribution is -2.06. The number of rotatable bonds is 5. The minimum Gasteiger partial charge on any atom is -0.334 e. The molecule has 2 aromatic carbocycles. The first-order chi connectivity index (χ1) is 13.5. The minimum absolute atomic E-state index is 0.0631. The zero-order valence-corrected chi connectivity index (χ0v) is 16.1. The fraction of sp³-hybridized carbons (Fsp3) is 0.0556. The van der Waals surface area contributed by atoms with Crippen LogP contribution >= 0.6 is 22.9 Å². The Morgan fingerprint density at radius 2 is 1.86 bits per heavy atom. The zero-order chi connectivity index (χ0) is 19.7. The number of fused-ring (bicyclic) bond motifs is 1. The second-order valence-corrected chi connectivity index (χ2v) is 7.34. The van der Waals surface area contributed by atoms with Gasteiger partial charge in [0.1, 0.15) is 6.33 Å². The van der Waals surface area contributed by atoms with E-state index in [0.29, 0.717) is 15.8 Å². The smallest absolute Gasteiger partial charge is 0.334 e. The van der Waals surface area contributed by atoms with Gasteiger partial charge in [0, 0.05) is 10.7 Å². The Morgan fingerprint density at radius 3 is 2.57 bits per heavy atom. The van der Waals surface area contributed by atoms with Gasteiger partial charge >= 0.3 is 5.69 Å². The summed E-state index contributed by atoms with van der Waals surface area (Å²) in [5, 5.41) is 18.8. The summed E-state index contributed by atoms with van der Waals surface area (Å²) in [6.07, 6.45) is 1.26. The predicted octanol–water partition coefficient (Wildman–Crippen LogP) is 5.44. The number of hydrogen-bond acceptors (Lipinski definition) is 8. The van der Waals surface area contributed by atoms with E-state index in [1.807, 2.05) is 31.2 Å². The number of para-hydroxylation sites is 1. The molecule has 2 N–H and O–H groups in total. The molecule has 4 aromatic rings. The van der Waals surface area contributed by atoms with Gasteiger partial charge in [-0.05, 0) is 42.8 Å². The average Bonchev–Trinajstić information content (AvgIpc) is 3.06. The lowest BCUT2D eigenvalue weighted by atomic mass is 10.2. The van der Waals surface area contributed by atoms with Gasteiger partial charge in [-0.3, -0.25) is 10.1 Å². The van der Waals surface area contributed by atoms with Crippen molar-refractivity contribution < 1.29 is 4.92 Å². The molecule has 4 rings (SSSR count). The Labute approximate surface area is 168 Å². The van der Waals surface area contributed by atoms with Crippen molar-refractivity contribution in [3.05, 3.63) is 69.5 Å². The summed E-state index contributed by atoms with van der Waals surface area (Å²) in [7, 11) is 0. The van der Waals surface area contributed by atoms with Crippen molar-refractivity contribution in [1.29, 1.82) is 0 Å². The van der Waals surface area contributed by atoms with Crippen LogP contribution in [0.3, 0.4) is 0 Å². The summed E-state index contributed by atoms with van der Waals surface area (Å²) < 4.78 is 0.969. The minimum atomic E-state index is -0.525. The highest BCUT2D eigenvalue weighted by Gasteiger charge is 2.24. The van der Waals surface area contributed by atoms with Crippen molar-refractivity contribution in [2.24, 2.45) is 0 Å². The number of nitrogens with one attached hydrogen (secondary N) is 2. The summed E-state index contributed by atoms with van der Waals surface area (Å²) in [5.41, 5.74) is 2.04. The lowest BCUT2D eigenvalue weighted by Gasteiger charge is -2.11. The summed E-state index contributed by atoms with van der Waals surface area (Å²) in [5.74, 6) is 0.141. The summed E-state index contributed by atoms with van der Waals surface area (Å²) in [6.45, 7) is 1.85. The summed E-state index contributed by atoms with van der Waals surface area (Å²) in [6, 6.07) is 12.8. The third-order valence-electron chi connectivity index (χ3n) is 3.97. The Balaban J connectivity index is 1.71. The van der Waals surface area contributed by atoms with Crippen molar-refractivity contribution in [1.82, 2.24) is 15.0 Å². The van der Waals surface area contributed by atoms with Gasteiger partial charge in [-0.2, -0.15) is 0 Å². The maximum absolute atomic E-state index is 11.7. The number of nitrogens with zero attached hydrogens (tertiary/aromatic N) is 4. The molecule has 0 bridgehead atoms. The van der Waals surface area contributed by atoms with Crippen LogP contribution in [0.1, 0.15) is 5.56 Å². The molecule has 0 aliphatic rings. The first-order valence-corrected chi connectivity index (χ1v) is 9.36. The highest BCUT2D eigenvalue weighted by molar-refractivity contribution is 7.22. The zero-order valence-electron chi connectivity index (χ0n) is 14.5. The Kier molecular flexibility index (Phi) is 4.76. The Hall–Kier alpha value is -3.30. The van der Waals surface area contributed by atoms with Crippen LogP contribution in [0.5, 0.6) is 0 Å². The molecule has 8 nitrogen and oxygen atoms in total. The van der Waals surface area contributed by atoms with Gasteiger partial charge < -0.3 is 10.6 Å². The monoisotopic (exact) mass is 412 g/mol. The number of anilines is 4. The molecule has 0 aliphatic carbocycles. The van der Waals surface area contributed by atoms with E-state index < -0.39 is 4.92 Å². The van der Waals surface area contributed by atoms with Gasteiger partial charge in [0.05, 0.1) is 15.1 Å². The number of aromatic nitrogens is 3. The Morgan fingerprint density at radius 1 is 1.11 bits per heavy atom. The highest BCUT2D eigenvalue weighted by atomic mass is 35.5. The molecule has 0 saturated heterocycles. The molecule has 2 heterocycles. The summed E-state index contributed by atoms with van der Waals surface area (Å²) in [4.78, 5) is 23.7. The third kappa shape index (κ3) is 3.57. The maximum Gasteiger partial charge on any atom is 0.353 e. The van der Waals surface area contributed by atoms with Crippen molar-refractivity contribution in [3.63, 3.8) is 0 Å². The van der Waals surface area contributed by atoms with E-state index in [-0.39, 0.29) is 17.3 Å². The van der Waals surface area contributed by atoms with Crippen LogP contribution in [0.2, 0.25) is 5.02 Å². The van der Waals surface area contributed by atoms with Crippen LogP contribution < -0.4 is 10.6 Å². The molecule has 2 aromatic heterocycles. The number of aryl methyl sites for hydroxylation is 1. The van der Waals surface area contributed by atoms with E-state index in [1.165, 1.54) is 17.7 Å². The molecule has 0 unspecified atom stereocenters. The molecular weight excluding hydrogens is 400 g/mol. The van der Waals surface area contributed by atoms with Crippen molar-refractivity contribution in [3.8, 4) is 0 Å². The molecule has 140 valence electrons. The topological polar surface area (TPSA) is 106 Å². The number of benzene rings is 2. The van der Waals surface area contributed by atoms with Crippen LogP contribution in [0.4, 0.5) is 28.1 Å². The normalized spacial score (nSPS) is 10.8. The van der Waals surface area contributed by atoms with E-state index >= 15 is 0 Å². The first kappa shape index (κ1) is 18.1. The largest absolute Gasteiger partial charge is 0.353 e. The van der Waals surface area contributed by atoms with Gasteiger partial charge in [0.15, 0.2) is 5.13 Å². The molecule has 0 radical (unpaired) electrons. The predicted molar refractivity (Wildman–Crippen MR) is 111 cm³/mol. The van der Waals surface area contributed by atoms with E-state index in [9.17, 15) is 10.1 Å². The van der Waals surface area contributed by atoms with E-state index in [4.69, 9.17) is 11.6 Å². The third-order valence-corrected chi connectivity index (χ3v) is 5.15. The molecule has 10 heteroatoms. The molecule has 0 atom stereocenters. The second-order valence-electron chi connectivity index (χ2n) is 5.87. The summed E-state index contributed by atoms with van der Waals surface area (Å²) >= 11 is 7.36. The molecule has 0 saturated carbocycles. The van der Waals surface area contributed by atoms with Gasteiger partial charge in [-0.1, -0.05) is 35.1 Å². The molecular formula is C18H13ClN6O2S. The number of nitro groups is 1. The number of halogens is 1. The maximum atomic E-state index is 11.7. The molecule has 0 amide bonds. The van der Waals surface area contributed by atoms with Crippen molar-refractivity contribution >= 4 is 61.3 Å². The van der Waals surface area contributed by atoms with Crippen LogP contribution in [0, 0.1) is 17.0 Å². The highest BCUT2D eigenvalue weighted by Crippen LogP contribution is 2.35. The SMILES string of the molecule is Cc1cc(Cl)ccc1Nc1ncnc(Nc2nc3ccccc3s2)c1[N+](=O)[O-]. The van der Waals surface area contributed by atoms with E-state index in [1.54, 1.807) is 18.2 Å². The molecule has 0 aliphatic heterocycles. The van der Waals surface area contributed by atoms with Crippen LogP contribution in [0.25, 0.3) is 10.2 Å². The standard InChI is InChI=1S/C18H13ClN6O2S/c1-10-8-11(19)6-7-12(10)22-16-15(25(26)27)17(21-9-20-16)24-18-23-13-4-2-3-5-14(13)28-18/h2-9H,1H3,(H2,20,21,22,23,24). The van der Waals surface area contributed by atoms with Gasteiger partial charge in [0.25, 0.3) is 0 Å². The Bertz CT molecular complexity index is 1160.